The molecule has 0 aliphatic carbocycles. The Hall–Kier alpha value is -1.62. The van der Waals surface area contributed by atoms with Crippen LogP contribution in [-0.4, -0.2) is 40.9 Å². The van der Waals surface area contributed by atoms with Gasteiger partial charge in [-0.2, -0.15) is 0 Å². The summed E-state index contributed by atoms with van der Waals surface area (Å²) < 4.78 is 0. The minimum atomic E-state index is -0.962. The van der Waals surface area contributed by atoms with E-state index in [0.29, 0.717) is 5.92 Å². The van der Waals surface area contributed by atoms with Gasteiger partial charge in [0.1, 0.15) is 5.82 Å². The zero-order chi connectivity index (χ0) is 12.3. The van der Waals surface area contributed by atoms with E-state index in [-0.39, 0.29) is 12.2 Å². The molecule has 1 unspecified atom stereocenters. The number of nitrogens with zero attached hydrogens (tertiary/aromatic N) is 2. The Kier molecular flexibility index (Phi) is 3.58. The molecule has 1 aliphatic heterocycles. The number of aromatic carboxylic acids is 1. The number of aromatic nitrogens is 1. The fourth-order valence-electron chi connectivity index (χ4n) is 2.12. The Morgan fingerprint density at radius 2 is 2.35 bits per heavy atom. The molecule has 5 nitrogen and oxygen atoms in total. The lowest BCUT2D eigenvalue weighted by Crippen LogP contribution is -2.37. The van der Waals surface area contributed by atoms with Gasteiger partial charge in [-0.05, 0) is 30.9 Å². The first-order valence-corrected chi connectivity index (χ1v) is 5.76. The van der Waals surface area contributed by atoms with Gasteiger partial charge in [-0.15, -0.1) is 0 Å². The molecule has 1 saturated heterocycles. The van der Waals surface area contributed by atoms with E-state index < -0.39 is 5.97 Å². The van der Waals surface area contributed by atoms with Gasteiger partial charge in [0.05, 0.1) is 5.56 Å². The normalized spacial score (nSPS) is 20.3. The number of carbonyl (C=O) groups is 1. The number of hydrogen-bond acceptors (Lipinski definition) is 4. The van der Waals surface area contributed by atoms with Crippen LogP contribution in [0.5, 0.6) is 0 Å². The minimum absolute atomic E-state index is 0.198. The molecule has 1 aromatic heterocycles. The maximum atomic E-state index is 10.7. The van der Waals surface area contributed by atoms with Crippen LogP contribution in [0.4, 0.5) is 5.82 Å². The van der Waals surface area contributed by atoms with Crippen LogP contribution in [0.2, 0.25) is 0 Å². The van der Waals surface area contributed by atoms with Crippen molar-refractivity contribution in [2.24, 2.45) is 5.92 Å². The quantitative estimate of drug-likeness (QED) is 0.818. The molecule has 1 atom stereocenters. The zero-order valence-electron chi connectivity index (χ0n) is 9.54. The molecule has 1 aromatic rings. The molecule has 0 aromatic carbocycles. The topological polar surface area (TPSA) is 73.7 Å². The van der Waals surface area contributed by atoms with Crippen molar-refractivity contribution in [2.75, 3.05) is 24.6 Å². The third-order valence-corrected chi connectivity index (χ3v) is 3.10. The monoisotopic (exact) mass is 236 g/mol. The highest BCUT2D eigenvalue weighted by Crippen LogP contribution is 2.21. The molecule has 0 spiro atoms. The van der Waals surface area contributed by atoms with Crippen molar-refractivity contribution in [1.82, 2.24) is 4.98 Å². The SMILES string of the molecule is O=C(O)c1ccc(N2CCCC(CO)C2)nc1. The predicted octanol–water partition coefficient (Wildman–Crippen LogP) is 0.988. The lowest BCUT2D eigenvalue weighted by molar-refractivity contribution is 0.0696. The van der Waals surface area contributed by atoms with Crippen molar-refractivity contribution in [1.29, 1.82) is 0 Å². The van der Waals surface area contributed by atoms with Gasteiger partial charge in [0, 0.05) is 25.9 Å². The van der Waals surface area contributed by atoms with E-state index in [4.69, 9.17) is 10.2 Å². The molecule has 0 radical (unpaired) electrons. The Balaban J connectivity index is 2.08. The smallest absolute Gasteiger partial charge is 0.337 e. The number of hydrogen-bond donors (Lipinski definition) is 2. The largest absolute Gasteiger partial charge is 0.478 e. The van der Waals surface area contributed by atoms with Gasteiger partial charge in [-0.1, -0.05) is 0 Å². The van der Waals surface area contributed by atoms with E-state index in [2.05, 4.69) is 9.88 Å². The van der Waals surface area contributed by atoms with Crippen molar-refractivity contribution in [3.05, 3.63) is 23.9 Å². The van der Waals surface area contributed by atoms with Crippen molar-refractivity contribution >= 4 is 11.8 Å². The van der Waals surface area contributed by atoms with Crippen LogP contribution in [0.15, 0.2) is 18.3 Å². The molecule has 0 saturated carbocycles. The summed E-state index contributed by atoms with van der Waals surface area (Å²) in [7, 11) is 0. The number of piperidine rings is 1. The lowest BCUT2D eigenvalue weighted by Gasteiger charge is -2.32. The first kappa shape index (κ1) is 11.9. The molecule has 5 heteroatoms. The van der Waals surface area contributed by atoms with Crippen LogP contribution in [0, 0.1) is 5.92 Å². The fourth-order valence-corrected chi connectivity index (χ4v) is 2.12. The maximum Gasteiger partial charge on any atom is 0.337 e. The van der Waals surface area contributed by atoms with Gasteiger partial charge < -0.3 is 15.1 Å². The molecule has 2 heterocycles. The van der Waals surface area contributed by atoms with Crippen LogP contribution in [0.1, 0.15) is 23.2 Å². The third kappa shape index (κ3) is 2.74. The van der Waals surface area contributed by atoms with Gasteiger partial charge in [0.2, 0.25) is 0 Å². The van der Waals surface area contributed by atoms with E-state index in [1.54, 1.807) is 12.1 Å². The molecule has 1 fully saturated rings. The summed E-state index contributed by atoms with van der Waals surface area (Å²) >= 11 is 0. The first-order chi connectivity index (χ1) is 8.20. The van der Waals surface area contributed by atoms with Crippen molar-refractivity contribution in [2.45, 2.75) is 12.8 Å². The van der Waals surface area contributed by atoms with Gasteiger partial charge >= 0.3 is 5.97 Å². The summed E-state index contributed by atoms with van der Waals surface area (Å²) in [5.41, 5.74) is 0.199. The number of aliphatic hydroxyl groups excluding tert-OH is 1. The summed E-state index contributed by atoms with van der Waals surface area (Å²) in [6, 6.07) is 3.29. The van der Waals surface area contributed by atoms with Crippen molar-refractivity contribution in [3.63, 3.8) is 0 Å². The van der Waals surface area contributed by atoms with Crippen LogP contribution >= 0.6 is 0 Å². The fraction of sp³-hybridized carbons (Fsp3) is 0.500. The number of carboxylic acid groups (broad SMARTS) is 1. The van der Waals surface area contributed by atoms with Crippen LogP contribution in [0.25, 0.3) is 0 Å². The predicted molar refractivity (Wildman–Crippen MR) is 63.2 cm³/mol. The summed E-state index contributed by atoms with van der Waals surface area (Å²) in [6.07, 6.45) is 3.45. The van der Waals surface area contributed by atoms with E-state index in [9.17, 15) is 4.79 Å². The first-order valence-electron chi connectivity index (χ1n) is 5.76. The average Bonchev–Trinajstić information content (AvgIpc) is 2.39. The lowest BCUT2D eigenvalue weighted by atomic mass is 9.99. The molecule has 2 rings (SSSR count). The van der Waals surface area contributed by atoms with E-state index in [1.165, 1.54) is 6.20 Å². The van der Waals surface area contributed by atoms with E-state index in [0.717, 1.165) is 31.7 Å². The second-order valence-electron chi connectivity index (χ2n) is 4.35. The molecule has 92 valence electrons. The number of carboxylic acids is 1. The molecule has 0 amide bonds. The van der Waals surface area contributed by atoms with Crippen molar-refractivity contribution in [3.8, 4) is 0 Å². The average molecular weight is 236 g/mol. The van der Waals surface area contributed by atoms with Crippen LogP contribution in [0.3, 0.4) is 0 Å². The highest BCUT2D eigenvalue weighted by molar-refractivity contribution is 5.87. The summed E-state index contributed by atoms with van der Waals surface area (Å²) in [5.74, 6) is 0.119. The van der Waals surface area contributed by atoms with E-state index >= 15 is 0 Å². The van der Waals surface area contributed by atoms with E-state index in [1.807, 2.05) is 0 Å². The number of aliphatic hydroxyl groups is 1. The summed E-state index contributed by atoms with van der Waals surface area (Å²) in [6.45, 7) is 1.90. The highest BCUT2D eigenvalue weighted by atomic mass is 16.4. The Bertz CT molecular complexity index is 391. The Morgan fingerprint density at radius 3 is 2.94 bits per heavy atom. The van der Waals surface area contributed by atoms with Crippen LogP contribution in [-0.2, 0) is 0 Å². The van der Waals surface area contributed by atoms with Crippen molar-refractivity contribution < 1.29 is 15.0 Å². The summed E-state index contributed by atoms with van der Waals surface area (Å²) in [4.78, 5) is 16.9. The zero-order valence-corrected chi connectivity index (χ0v) is 9.54. The van der Waals surface area contributed by atoms with Gasteiger partial charge in [-0.3, -0.25) is 0 Å². The minimum Gasteiger partial charge on any atom is -0.478 e. The number of anilines is 1. The number of rotatable bonds is 3. The maximum absolute atomic E-state index is 10.7. The van der Waals surface area contributed by atoms with Gasteiger partial charge in [0.15, 0.2) is 0 Å². The second-order valence-corrected chi connectivity index (χ2v) is 4.35. The molecule has 17 heavy (non-hydrogen) atoms. The Morgan fingerprint density at radius 1 is 1.53 bits per heavy atom. The molecule has 0 bridgehead atoms. The Labute approximate surface area is 99.7 Å². The molecule has 2 N–H and O–H groups in total. The summed E-state index contributed by atoms with van der Waals surface area (Å²) in [5, 5.41) is 17.9. The van der Waals surface area contributed by atoms with Gasteiger partial charge in [-0.25, -0.2) is 9.78 Å². The standard InChI is InChI=1S/C12H16N2O3/c15-8-9-2-1-5-14(7-9)11-4-3-10(6-13-11)12(16)17/h3-4,6,9,15H,1-2,5,7-8H2,(H,16,17). The van der Waals surface area contributed by atoms with Crippen LogP contribution < -0.4 is 4.90 Å². The van der Waals surface area contributed by atoms with Gasteiger partial charge in [0.25, 0.3) is 0 Å². The molecular weight excluding hydrogens is 220 g/mol. The number of pyridine rings is 1. The third-order valence-electron chi connectivity index (χ3n) is 3.10. The second kappa shape index (κ2) is 5.14. The molecule has 1 aliphatic rings. The molecular formula is C12H16N2O3. The highest BCUT2D eigenvalue weighted by Gasteiger charge is 2.20.